The maximum Gasteiger partial charge on any atom is 0.0702 e. The Morgan fingerprint density at radius 2 is 2.22 bits per heavy atom. The Morgan fingerprint density at radius 3 is 2.89 bits per heavy atom. The number of nitrogens with one attached hydrogen (secondary N) is 1. The SMILES string of the molecule is CCCNC(C)CCCCN(C)CC1CCCO1. The molecule has 1 saturated heterocycles. The number of ether oxygens (including phenoxy) is 1. The third-order valence-corrected chi connectivity index (χ3v) is 3.71. The summed E-state index contributed by atoms with van der Waals surface area (Å²) in [5, 5.41) is 3.55. The smallest absolute Gasteiger partial charge is 0.0702 e. The van der Waals surface area contributed by atoms with Crippen molar-refractivity contribution in [3.63, 3.8) is 0 Å². The average molecular weight is 256 g/mol. The lowest BCUT2D eigenvalue weighted by Gasteiger charge is -2.20. The fraction of sp³-hybridized carbons (Fsp3) is 1.00. The van der Waals surface area contributed by atoms with Gasteiger partial charge in [-0.2, -0.15) is 0 Å². The molecule has 1 fully saturated rings. The number of hydrogen-bond donors (Lipinski definition) is 1. The molecule has 0 aromatic carbocycles. The van der Waals surface area contributed by atoms with Crippen LogP contribution < -0.4 is 5.32 Å². The maximum absolute atomic E-state index is 5.66. The van der Waals surface area contributed by atoms with E-state index in [0.29, 0.717) is 12.1 Å². The Bertz CT molecular complexity index is 193. The van der Waals surface area contributed by atoms with E-state index < -0.39 is 0 Å². The van der Waals surface area contributed by atoms with E-state index in [4.69, 9.17) is 4.74 Å². The monoisotopic (exact) mass is 256 g/mol. The van der Waals surface area contributed by atoms with Crippen molar-refractivity contribution in [3.8, 4) is 0 Å². The zero-order valence-electron chi connectivity index (χ0n) is 12.6. The van der Waals surface area contributed by atoms with Gasteiger partial charge in [-0.25, -0.2) is 0 Å². The standard InChI is InChI=1S/C15H32N2O/c1-4-10-16-14(2)8-5-6-11-17(3)13-15-9-7-12-18-15/h14-16H,4-13H2,1-3H3. The van der Waals surface area contributed by atoms with Crippen LogP contribution in [0.2, 0.25) is 0 Å². The maximum atomic E-state index is 5.66. The van der Waals surface area contributed by atoms with Crippen molar-refractivity contribution in [2.24, 2.45) is 0 Å². The highest BCUT2D eigenvalue weighted by molar-refractivity contribution is 4.69. The van der Waals surface area contributed by atoms with Gasteiger partial charge in [-0.3, -0.25) is 0 Å². The van der Waals surface area contributed by atoms with Gasteiger partial charge in [0.05, 0.1) is 6.10 Å². The van der Waals surface area contributed by atoms with Gasteiger partial charge in [0, 0.05) is 19.2 Å². The van der Waals surface area contributed by atoms with Crippen molar-refractivity contribution in [1.29, 1.82) is 0 Å². The van der Waals surface area contributed by atoms with Crippen LogP contribution in [0.5, 0.6) is 0 Å². The Labute approximate surface area is 113 Å². The quantitative estimate of drug-likeness (QED) is 0.608. The first-order valence-corrected chi connectivity index (χ1v) is 7.76. The molecule has 3 heteroatoms. The molecule has 0 saturated carbocycles. The van der Waals surface area contributed by atoms with Crippen LogP contribution >= 0.6 is 0 Å². The van der Waals surface area contributed by atoms with E-state index in [0.717, 1.165) is 19.7 Å². The number of rotatable bonds is 10. The summed E-state index contributed by atoms with van der Waals surface area (Å²) in [6, 6.07) is 0.674. The molecule has 108 valence electrons. The highest BCUT2D eigenvalue weighted by Crippen LogP contribution is 2.13. The average Bonchev–Trinajstić information content (AvgIpc) is 2.85. The summed E-state index contributed by atoms with van der Waals surface area (Å²) in [4.78, 5) is 2.43. The molecule has 0 aliphatic carbocycles. The van der Waals surface area contributed by atoms with E-state index in [9.17, 15) is 0 Å². The summed E-state index contributed by atoms with van der Waals surface area (Å²) in [5.74, 6) is 0. The summed E-state index contributed by atoms with van der Waals surface area (Å²) in [7, 11) is 2.22. The normalized spacial score (nSPS) is 21.7. The van der Waals surface area contributed by atoms with Crippen LogP contribution in [-0.2, 0) is 4.74 Å². The van der Waals surface area contributed by atoms with Gasteiger partial charge in [0.15, 0.2) is 0 Å². The summed E-state index contributed by atoms with van der Waals surface area (Å²) in [6.45, 7) is 8.97. The van der Waals surface area contributed by atoms with Crippen LogP contribution in [0.4, 0.5) is 0 Å². The second-order valence-corrected chi connectivity index (χ2v) is 5.75. The third-order valence-electron chi connectivity index (χ3n) is 3.71. The van der Waals surface area contributed by atoms with Gasteiger partial charge in [0.25, 0.3) is 0 Å². The molecule has 1 N–H and O–H groups in total. The van der Waals surface area contributed by atoms with Crippen LogP contribution in [-0.4, -0.2) is 50.3 Å². The number of likely N-dealkylation sites (N-methyl/N-ethyl adjacent to an activating group) is 1. The van der Waals surface area contributed by atoms with Crippen LogP contribution in [0.25, 0.3) is 0 Å². The Hall–Kier alpha value is -0.120. The van der Waals surface area contributed by atoms with Crippen LogP contribution in [0, 0.1) is 0 Å². The van der Waals surface area contributed by atoms with Crippen LogP contribution in [0.15, 0.2) is 0 Å². The molecule has 18 heavy (non-hydrogen) atoms. The lowest BCUT2D eigenvalue weighted by atomic mass is 10.1. The first-order chi connectivity index (χ1) is 8.72. The highest BCUT2D eigenvalue weighted by Gasteiger charge is 2.16. The Balaban J connectivity index is 1.92. The predicted octanol–water partition coefficient (Wildman–Crippen LogP) is 2.66. The second kappa shape index (κ2) is 9.76. The molecule has 1 rings (SSSR count). The molecule has 3 nitrogen and oxygen atoms in total. The lowest BCUT2D eigenvalue weighted by molar-refractivity contribution is 0.0807. The van der Waals surface area contributed by atoms with Crippen molar-refractivity contribution < 1.29 is 4.74 Å². The first-order valence-electron chi connectivity index (χ1n) is 7.76. The summed E-state index contributed by atoms with van der Waals surface area (Å²) in [5.41, 5.74) is 0. The molecule has 1 heterocycles. The van der Waals surface area contributed by atoms with Gasteiger partial charge in [0.2, 0.25) is 0 Å². The molecule has 0 bridgehead atoms. The van der Waals surface area contributed by atoms with Crippen LogP contribution in [0.1, 0.15) is 52.4 Å². The van der Waals surface area contributed by atoms with E-state index in [1.807, 2.05) is 0 Å². The minimum absolute atomic E-state index is 0.500. The zero-order chi connectivity index (χ0) is 13.2. The van der Waals surface area contributed by atoms with E-state index in [2.05, 4.69) is 31.1 Å². The second-order valence-electron chi connectivity index (χ2n) is 5.75. The topological polar surface area (TPSA) is 24.5 Å². The number of hydrogen-bond acceptors (Lipinski definition) is 3. The number of unbranched alkanes of at least 4 members (excludes halogenated alkanes) is 1. The fourth-order valence-electron chi connectivity index (χ4n) is 2.55. The zero-order valence-corrected chi connectivity index (χ0v) is 12.6. The molecule has 0 amide bonds. The van der Waals surface area contributed by atoms with Crippen molar-refractivity contribution in [1.82, 2.24) is 10.2 Å². The Kier molecular flexibility index (Phi) is 8.64. The highest BCUT2D eigenvalue weighted by atomic mass is 16.5. The van der Waals surface area contributed by atoms with Crippen molar-refractivity contribution >= 4 is 0 Å². The predicted molar refractivity (Wildman–Crippen MR) is 78.1 cm³/mol. The molecular weight excluding hydrogens is 224 g/mol. The van der Waals surface area contributed by atoms with E-state index >= 15 is 0 Å². The van der Waals surface area contributed by atoms with E-state index in [1.54, 1.807) is 0 Å². The summed E-state index contributed by atoms with van der Waals surface area (Å²) < 4.78 is 5.66. The minimum Gasteiger partial charge on any atom is -0.377 e. The summed E-state index contributed by atoms with van der Waals surface area (Å²) >= 11 is 0. The minimum atomic E-state index is 0.500. The van der Waals surface area contributed by atoms with Crippen molar-refractivity contribution in [2.75, 3.05) is 33.3 Å². The molecule has 0 aromatic rings. The first kappa shape index (κ1) is 15.9. The Morgan fingerprint density at radius 1 is 1.39 bits per heavy atom. The van der Waals surface area contributed by atoms with Gasteiger partial charge in [-0.1, -0.05) is 13.3 Å². The van der Waals surface area contributed by atoms with E-state index in [-0.39, 0.29) is 0 Å². The van der Waals surface area contributed by atoms with Crippen LogP contribution in [0.3, 0.4) is 0 Å². The molecule has 1 aliphatic rings. The largest absolute Gasteiger partial charge is 0.377 e. The van der Waals surface area contributed by atoms with Crippen molar-refractivity contribution in [3.05, 3.63) is 0 Å². The summed E-state index contributed by atoms with van der Waals surface area (Å²) in [6.07, 6.45) is 8.17. The third kappa shape index (κ3) is 7.34. The van der Waals surface area contributed by atoms with Gasteiger partial charge >= 0.3 is 0 Å². The molecule has 0 aromatic heterocycles. The van der Waals surface area contributed by atoms with Gasteiger partial charge in [-0.15, -0.1) is 0 Å². The molecule has 0 radical (unpaired) electrons. The lowest BCUT2D eigenvalue weighted by Crippen LogP contribution is -2.30. The van der Waals surface area contributed by atoms with Gasteiger partial charge in [-0.05, 0) is 59.2 Å². The number of nitrogens with zero attached hydrogens (tertiary/aromatic N) is 1. The molecule has 0 spiro atoms. The van der Waals surface area contributed by atoms with Gasteiger partial charge in [0.1, 0.15) is 0 Å². The fourth-order valence-corrected chi connectivity index (χ4v) is 2.55. The molecule has 2 atom stereocenters. The van der Waals surface area contributed by atoms with Gasteiger partial charge < -0.3 is 15.0 Å². The van der Waals surface area contributed by atoms with E-state index in [1.165, 1.54) is 45.1 Å². The van der Waals surface area contributed by atoms with Crippen molar-refractivity contribution in [2.45, 2.75) is 64.5 Å². The molecule has 2 unspecified atom stereocenters. The molecular formula is C15H32N2O. The molecule has 1 aliphatic heterocycles.